The number of nitrogens with zero attached hydrogens (tertiary/aromatic N) is 2. The number of oxazole rings is 1. The van der Waals surface area contributed by atoms with E-state index in [0.29, 0.717) is 18.5 Å². The van der Waals surface area contributed by atoms with Gasteiger partial charge in [-0.3, -0.25) is 0 Å². The van der Waals surface area contributed by atoms with Crippen molar-refractivity contribution >= 4 is 12.0 Å². The molecule has 1 saturated heterocycles. The highest BCUT2D eigenvalue weighted by Gasteiger charge is 2.27. The molecule has 2 heterocycles. The number of carbonyl (C=O) groups is 1. The lowest BCUT2D eigenvalue weighted by Gasteiger charge is -2.35. The Kier molecular flexibility index (Phi) is 2.62. The highest BCUT2D eigenvalue weighted by Crippen LogP contribution is 2.23. The molecule has 1 aromatic rings. The number of carbonyl (C=O) groups excluding carboxylic acids is 1. The first-order valence-corrected chi connectivity index (χ1v) is 5.08. The molecule has 1 fully saturated rings. The van der Waals surface area contributed by atoms with Gasteiger partial charge in [-0.15, -0.1) is 0 Å². The Hall–Kier alpha value is -1.52. The topological polar surface area (TPSA) is 55.6 Å². The molecule has 0 N–H and O–H groups in total. The van der Waals surface area contributed by atoms with Gasteiger partial charge in [-0.25, -0.2) is 9.78 Å². The first-order valence-electron chi connectivity index (χ1n) is 5.08. The Morgan fingerprint density at radius 2 is 2.47 bits per heavy atom. The average molecular weight is 210 g/mol. The molecule has 82 valence electrons. The summed E-state index contributed by atoms with van der Waals surface area (Å²) >= 11 is 0. The molecule has 0 aromatic carbocycles. The third-order valence-electron chi connectivity index (χ3n) is 2.30. The van der Waals surface area contributed by atoms with Crippen LogP contribution in [0.4, 0.5) is 6.01 Å². The van der Waals surface area contributed by atoms with Gasteiger partial charge < -0.3 is 14.1 Å². The van der Waals surface area contributed by atoms with E-state index in [-0.39, 0.29) is 5.76 Å². The van der Waals surface area contributed by atoms with Gasteiger partial charge in [0.1, 0.15) is 0 Å². The summed E-state index contributed by atoms with van der Waals surface area (Å²) in [6.45, 7) is 6.12. The lowest BCUT2D eigenvalue weighted by molar-refractivity contribution is 0.0490. The van der Waals surface area contributed by atoms with Crippen LogP contribution in [-0.2, 0) is 4.74 Å². The van der Waals surface area contributed by atoms with Gasteiger partial charge in [0.15, 0.2) is 0 Å². The maximum absolute atomic E-state index is 11.3. The SMILES string of the molecule is CCOC(=O)c1cnc(N2CC(C)C2)o1. The van der Waals surface area contributed by atoms with E-state index in [9.17, 15) is 4.79 Å². The number of ether oxygens (including phenoxy) is 1. The Morgan fingerprint density at radius 3 is 3.07 bits per heavy atom. The quantitative estimate of drug-likeness (QED) is 0.704. The molecule has 15 heavy (non-hydrogen) atoms. The normalized spacial score (nSPS) is 16.3. The number of esters is 1. The summed E-state index contributed by atoms with van der Waals surface area (Å²) in [6, 6.07) is 0.510. The summed E-state index contributed by atoms with van der Waals surface area (Å²) in [6.07, 6.45) is 1.41. The van der Waals surface area contributed by atoms with Gasteiger partial charge in [0, 0.05) is 13.1 Å². The number of hydrogen-bond donors (Lipinski definition) is 0. The maximum Gasteiger partial charge on any atom is 0.376 e. The molecule has 0 amide bonds. The van der Waals surface area contributed by atoms with Crippen molar-refractivity contribution in [2.24, 2.45) is 5.92 Å². The number of aromatic nitrogens is 1. The monoisotopic (exact) mass is 210 g/mol. The van der Waals surface area contributed by atoms with E-state index in [1.807, 2.05) is 4.90 Å². The Morgan fingerprint density at radius 1 is 1.73 bits per heavy atom. The molecule has 0 aliphatic carbocycles. The van der Waals surface area contributed by atoms with E-state index in [1.165, 1.54) is 6.20 Å². The molecule has 0 spiro atoms. The van der Waals surface area contributed by atoms with Crippen molar-refractivity contribution in [2.45, 2.75) is 13.8 Å². The van der Waals surface area contributed by atoms with Crippen LogP contribution in [0.15, 0.2) is 10.6 Å². The first-order chi connectivity index (χ1) is 7.20. The lowest BCUT2D eigenvalue weighted by Crippen LogP contribution is -2.45. The molecule has 0 atom stereocenters. The lowest BCUT2D eigenvalue weighted by atomic mass is 10.0. The van der Waals surface area contributed by atoms with Crippen molar-refractivity contribution in [1.82, 2.24) is 4.98 Å². The van der Waals surface area contributed by atoms with Crippen molar-refractivity contribution in [3.8, 4) is 0 Å². The molecule has 0 bridgehead atoms. The van der Waals surface area contributed by atoms with Crippen LogP contribution >= 0.6 is 0 Å². The number of anilines is 1. The smallest absolute Gasteiger partial charge is 0.376 e. The highest BCUT2D eigenvalue weighted by molar-refractivity contribution is 5.86. The molecule has 5 nitrogen and oxygen atoms in total. The van der Waals surface area contributed by atoms with E-state index in [2.05, 4.69) is 11.9 Å². The standard InChI is InChI=1S/C10H14N2O3/c1-3-14-9(13)8-4-11-10(15-8)12-5-7(2)6-12/h4,7H,3,5-6H2,1-2H3. The average Bonchev–Trinajstić information content (AvgIpc) is 2.62. The zero-order valence-electron chi connectivity index (χ0n) is 8.90. The Labute approximate surface area is 88.0 Å². The molecule has 1 aliphatic rings. The van der Waals surface area contributed by atoms with Gasteiger partial charge in [0.05, 0.1) is 12.8 Å². The summed E-state index contributed by atoms with van der Waals surface area (Å²) < 4.78 is 10.1. The zero-order chi connectivity index (χ0) is 10.8. The second kappa shape index (κ2) is 3.92. The number of rotatable bonds is 3. The minimum atomic E-state index is -0.454. The fourth-order valence-electron chi connectivity index (χ4n) is 1.56. The van der Waals surface area contributed by atoms with Gasteiger partial charge in [0.2, 0.25) is 5.76 Å². The largest absolute Gasteiger partial charge is 0.460 e. The highest BCUT2D eigenvalue weighted by atomic mass is 16.5. The summed E-state index contributed by atoms with van der Waals surface area (Å²) in [5, 5.41) is 0. The van der Waals surface area contributed by atoms with Crippen LogP contribution in [0.25, 0.3) is 0 Å². The first kappa shape index (κ1) is 10.0. The van der Waals surface area contributed by atoms with Gasteiger partial charge in [-0.1, -0.05) is 6.92 Å². The Bertz CT molecular complexity index is 355. The second-order valence-corrected chi connectivity index (χ2v) is 3.74. The molecule has 2 rings (SSSR count). The van der Waals surface area contributed by atoms with E-state index in [1.54, 1.807) is 6.92 Å². The van der Waals surface area contributed by atoms with Gasteiger partial charge in [-0.2, -0.15) is 0 Å². The fraction of sp³-hybridized carbons (Fsp3) is 0.600. The van der Waals surface area contributed by atoms with Crippen LogP contribution in [0.2, 0.25) is 0 Å². The van der Waals surface area contributed by atoms with Crippen molar-refractivity contribution in [3.05, 3.63) is 12.0 Å². The van der Waals surface area contributed by atoms with Gasteiger partial charge >= 0.3 is 5.97 Å². The minimum Gasteiger partial charge on any atom is -0.460 e. The Balaban J connectivity index is 2.01. The molecule has 0 saturated carbocycles. The van der Waals surface area contributed by atoms with E-state index >= 15 is 0 Å². The predicted molar refractivity (Wildman–Crippen MR) is 53.8 cm³/mol. The molecule has 1 aromatic heterocycles. The van der Waals surface area contributed by atoms with Crippen LogP contribution < -0.4 is 4.90 Å². The fourth-order valence-corrected chi connectivity index (χ4v) is 1.56. The molecule has 1 aliphatic heterocycles. The summed E-state index contributed by atoms with van der Waals surface area (Å²) in [5.74, 6) is 0.388. The molecular weight excluding hydrogens is 196 g/mol. The van der Waals surface area contributed by atoms with Crippen LogP contribution in [0, 0.1) is 5.92 Å². The van der Waals surface area contributed by atoms with Crippen LogP contribution in [0.1, 0.15) is 24.4 Å². The van der Waals surface area contributed by atoms with E-state index in [4.69, 9.17) is 9.15 Å². The number of hydrogen-bond acceptors (Lipinski definition) is 5. The minimum absolute atomic E-state index is 0.173. The zero-order valence-corrected chi connectivity index (χ0v) is 8.90. The van der Waals surface area contributed by atoms with Gasteiger partial charge in [0.25, 0.3) is 6.01 Å². The van der Waals surface area contributed by atoms with Crippen molar-refractivity contribution in [2.75, 3.05) is 24.6 Å². The third-order valence-corrected chi connectivity index (χ3v) is 2.30. The summed E-state index contributed by atoms with van der Waals surface area (Å²) in [4.78, 5) is 17.3. The third kappa shape index (κ3) is 1.95. The maximum atomic E-state index is 11.3. The van der Waals surface area contributed by atoms with Crippen molar-refractivity contribution in [1.29, 1.82) is 0 Å². The predicted octanol–water partition coefficient (Wildman–Crippen LogP) is 1.31. The summed E-state index contributed by atoms with van der Waals surface area (Å²) in [5.41, 5.74) is 0. The van der Waals surface area contributed by atoms with Crippen molar-refractivity contribution in [3.63, 3.8) is 0 Å². The van der Waals surface area contributed by atoms with Crippen LogP contribution in [0.3, 0.4) is 0 Å². The van der Waals surface area contributed by atoms with Crippen LogP contribution in [-0.4, -0.2) is 30.6 Å². The molecule has 0 radical (unpaired) electrons. The van der Waals surface area contributed by atoms with E-state index < -0.39 is 5.97 Å². The van der Waals surface area contributed by atoms with Crippen molar-refractivity contribution < 1.29 is 13.9 Å². The molecule has 5 heteroatoms. The van der Waals surface area contributed by atoms with E-state index in [0.717, 1.165) is 13.1 Å². The van der Waals surface area contributed by atoms with Crippen LogP contribution in [0.5, 0.6) is 0 Å². The summed E-state index contributed by atoms with van der Waals surface area (Å²) in [7, 11) is 0. The second-order valence-electron chi connectivity index (χ2n) is 3.74. The molecular formula is C10H14N2O3. The van der Waals surface area contributed by atoms with Gasteiger partial charge in [-0.05, 0) is 12.8 Å². The molecule has 0 unspecified atom stereocenters.